The summed E-state index contributed by atoms with van der Waals surface area (Å²) in [5, 5.41) is 5.21. The van der Waals surface area contributed by atoms with Gasteiger partial charge in [0.15, 0.2) is 10.3 Å². The number of carbonyl (C=O) groups is 1. The molecule has 0 saturated carbocycles. The van der Waals surface area contributed by atoms with E-state index in [1.165, 1.54) is 22.7 Å². The summed E-state index contributed by atoms with van der Waals surface area (Å²) in [7, 11) is 1.61. The quantitative estimate of drug-likeness (QED) is 0.776. The topological polar surface area (TPSA) is 90.1 Å². The number of fused-ring (bicyclic) bond motifs is 1. The number of nitrogens with two attached hydrogens (primary N) is 1. The van der Waals surface area contributed by atoms with Gasteiger partial charge in [-0.2, -0.15) is 0 Å². The molecule has 3 rings (SSSR count). The molecule has 0 aliphatic rings. The van der Waals surface area contributed by atoms with E-state index in [1.807, 2.05) is 18.2 Å². The lowest BCUT2D eigenvalue weighted by Crippen LogP contribution is -2.12. The first-order valence-electron chi connectivity index (χ1n) is 5.62. The number of nitrogens with zero attached hydrogens (tertiary/aromatic N) is 2. The number of nitrogens with one attached hydrogen (secondary N) is 1. The van der Waals surface area contributed by atoms with Gasteiger partial charge in [-0.25, -0.2) is 9.97 Å². The molecule has 6 nitrogen and oxygen atoms in total. The van der Waals surface area contributed by atoms with Crippen molar-refractivity contribution in [3.63, 3.8) is 0 Å². The second-order valence-corrected chi connectivity index (χ2v) is 5.80. The molecule has 0 aliphatic carbocycles. The number of hydrogen-bond donors (Lipinski definition) is 2. The fourth-order valence-electron chi connectivity index (χ4n) is 1.64. The third-order valence-corrected chi connectivity index (χ3v) is 4.18. The Morgan fingerprint density at radius 1 is 1.40 bits per heavy atom. The maximum atomic E-state index is 11.9. The van der Waals surface area contributed by atoms with Crippen molar-refractivity contribution in [2.75, 3.05) is 18.2 Å². The van der Waals surface area contributed by atoms with Crippen molar-refractivity contribution in [3.8, 4) is 5.75 Å². The molecule has 1 amide bonds. The summed E-state index contributed by atoms with van der Waals surface area (Å²) in [4.78, 5) is 20.2. The maximum Gasteiger partial charge on any atom is 0.276 e. The van der Waals surface area contributed by atoms with Crippen LogP contribution in [0.2, 0.25) is 0 Å². The Hall–Kier alpha value is -2.19. The number of aromatic nitrogens is 2. The molecular weight excluding hydrogens is 296 g/mol. The molecule has 3 N–H and O–H groups in total. The van der Waals surface area contributed by atoms with Crippen molar-refractivity contribution in [3.05, 3.63) is 29.3 Å². The van der Waals surface area contributed by atoms with Gasteiger partial charge in [-0.3, -0.25) is 10.1 Å². The predicted octanol–water partition coefficient (Wildman–Crippen LogP) is 2.60. The summed E-state index contributed by atoms with van der Waals surface area (Å²) < 4.78 is 6.10. The summed E-state index contributed by atoms with van der Waals surface area (Å²) in [5.74, 6) is 0.440. The van der Waals surface area contributed by atoms with Crippen LogP contribution in [0.1, 0.15) is 10.5 Å². The molecular formula is C12H10N4O2S2. The zero-order valence-corrected chi connectivity index (χ0v) is 12.0. The molecule has 3 aromatic rings. The van der Waals surface area contributed by atoms with Gasteiger partial charge in [-0.05, 0) is 18.2 Å². The van der Waals surface area contributed by atoms with Gasteiger partial charge in [0.1, 0.15) is 11.4 Å². The van der Waals surface area contributed by atoms with Crippen LogP contribution in [-0.2, 0) is 0 Å². The zero-order valence-electron chi connectivity index (χ0n) is 10.4. The second kappa shape index (κ2) is 5.06. The molecule has 102 valence electrons. The van der Waals surface area contributed by atoms with Crippen LogP contribution in [0.4, 0.5) is 10.3 Å². The van der Waals surface area contributed by atoms with Crippen molar-refractivity contribution in [1.29, 1.82) is 0 Å². The van der Waals surface area contributed by atoms with Crippen LogP contribution in [0.5, 0.6) is 5.75 Å². The molecule has 1 aromatic carbocycles. The van der Waals surface area contributed by atoms with Crippen molar-refractivity contribution in [2.24, 2.45) is 0 Å². The highest BCUT2D eigenvalue weighted by Gasteiger charge is 2.13. The average molecular weight is 306 g/mol. The lowest BCUT2D eigenvalue weighted by atomic mass is 10.3. The summed E-state index contributed by atoms with van der Waals surface area (Å²) >= 11 is 2.60. The fraction of sp³-hybridized carbons (Fsp3) is 0.0833. The fourth-order valence-corrected chi connectivity index (χ4v) is 3.07. The van der Waals surface area contributed by atoms with Crippen LogP contribution in [0.3, 0.4) is 0 Å². The van der Waals surface area contributed by atoms with Crippen molar-refractivity contribution >= 4 is 49.1 Å². The summed E-state index contributed by atoms with van der Waals surface area (Å²) in [6.45, 7) is 0. The molecule has 0 saturated heterocycles. The van der Waals surface area contributed by atoms with Gasteiger partial charge >= 0.3 is 0 Å². The third-order valence-electron chi connectivity index (χ3n) is 2.57. The SMILES string of the molecule is COc1ccc2nc(NC(=O)c3csc(N)n3)sc2c1. The van der Waals surface area contributed by atoms with Crippen LogP contribution in [0.15, 0.2) is 23.6 Å². The zero-order chi connectivity index (χ0) is 14.1. The van der Waals surface area contributed by atoms with Crippen LogP contribution >= 0.6 is 22.7 Å². The molecule has 0 bridgehead atoms. The minimum atomic E-state index is -0.316. The molecule has 2 aromatic heterocycles. The van der Waals surface area contributed by atoms with Crippen molar-refractivity contribution in [1.82, 2.24) is 9.97 Å². The van der Waals surface area contributed by atoms with Gasteiger partial charge in [0.05, 0.1) is 17.3 Å². The maximum absolute atomic E-state index is 11.9. The number of thiazole rings is 2. The first-order chi connectivity index (χ1) is 9.65. The molecule has 8 heteroatoms. The van der Waals surface area contributed by atoms with Gasteiger partial charge in [-0.1, -0.05) is 11.3 Å². The van der Waals surface area contributed by atoms with E-state index in [1.54, 1.807) is 12.5 Å². The molecule has 20 heavy (non-hydrogen) atoms. The van der Waals surface area contributed by atoms with Crippen molar-refractivity contribution < 1.29 is 9.53 Å². The highest BCUT2D eigenvalue weighted by Crippen LogP contribution is 2.29. The number of anilines is 2. The Labute approximate surface area is 122 Å². The molecule has 0 aliphatic heterocycles. The van der Waals surface area contributed by atoms with Gasteiger partial charge in [0.25, 0.3) is 5.91 Å². The molecule has 0 unspecified atom stereocenters. The Balaban J connectivity index is 1.85. The van der Waals surface area contributed by atoms with E-state index in [-0.39, 0.29) is 5.91 Å². The normalized spacial score (nSPS) is 10.7. The van der Waals surface area contributed by atoms with Crippen LogP contribution in [0, 0.1) is 0 Å². The highest BCUT2D eigenvalue weighted by atomic mass is 32.1. The number of ether oxygens (including phenoxy) is 1. The van der Waals surface area contributed by atoms with Gasteiger partial charge in [0, 0.05) is 5.38 Å². The van der Waals surface area contributed by atoms with E-state index in [4.69, 9.17) is 10.5 Å². The van der Waals surface area contributed by atoms with Crippen LogP contribution in [-0.4, -0.2) is 23.0 Å². The monoisotopic (exact) mass is 306 g/mol. The number of methoxy groups -OCH3 is 1. The predicted molar refractivity (Wildman–Crippen MR) is 80.7 cm³/mol. The summed E-state index contributed by atoms with van der Waals surface area (Å²) in [5.41, 5.74) is 6.61. The third kappa shape index (κ3) is 2.43. The molecule has 0 radical (unpaired) electrons. The van der Waals surface area contributed by atoms with E-state index in [2.05, 4.69) is 15.3 Å². The molecule has 0 atom stereocenters. The largest absolute Gasteiger partial charge is 0.497 e. The number of nitrogen functional groups attached to an aromatic ring is 1. The Morgan fingerprint density at radius 3 is 2.95 bits per heavy atom. The highest BCUT2D eigenvalue weighted by molar-refractivity contribution is 7.22. The number of benzene rings is 1. The van der Waals surface area contributed by atoms with Crippen LogP contribution < -0.4 is 15.8 Å². The van der Waals surface area contributed by atoms with Crippen molar-refractivity contribution in [2.45, 2.75) is 0 Å². The average Bonchev–Trinajstić information content (AvgIpc) is 3.03. The van der Waals surface area contributed by atoms with E-state index in [0.29, 0.717) is 16.0 Å². The Bertz CT molecular complexity index is 781. The smallest absolute Gasteiger partial charge is 0.276 e. The van der Waals surface area contributed by atoms with Gasteiger partial charge in [0.2, 0.25) is 0 Å². The number of carbonyl (C=O) groups excluding carboxylic acids is 1. The first kappa shape index (κ1) is 12.8. The van der Waals surface area contributed by atoms with Crippen LogP contribution in [0.25, 0.3) is 10.2 Å². The minimum Gasteiger partial charge on any atom is -0.497 e. The lowest BCUT2D eigenvalue weighted by molar-refractivity contribution is 0.102. The Kier molecular flexibility index (Phi) is 3.25. The molecule has 0 spiro atoms. The van der Waals surface area contributed by atoms with E-state index >= 15 is 0 Å². The second-order valence-electron chi connectivity index (χ2n) is 3.88. The Morgan fingerprint density at radius 2 is 2.25 bits per heavy atom. The molecule has 0 fully saturated rings. The number of hydrogen-bond acceptors (Lipinski definition) is 7. The number of rotatable bonds is 3. The summed E-state index contributed by atoms with van der Waals surface area (Å²) in [6.07, 6.45) is 0. The van der Waals surface area contributed by atoms with E-state index in [0.717, 1.165) is 16.0 Å². The van der Waals surface area contributed by atoms with Gasteiger partial charge in [-0.15, -0.1) is 11.3 Å². The van der Waals surface area contributed by atoms with E-state index in [9.17, 15) is 4.79 Å². The lowest BCUT2D eigenvalue weighted by Gasteiger charge is -1.96. The standard InChI is InChI=1S/C12H10N4O2S2/c1-18-6-2-3-7-9(4-6)20-12(15-7)16-10(17)8-5-19-11(13)14-8/h2-5H,1H3,(H2,13,14)(H,15,16,17). The van der Waals surface area contributed by atoms with E-state index < -0.39 is 0 Å². The summed E-state index contributed by atoms with van der Waals surface area (Å²) in [6, 6.07) is 5.55. The minimum absolute atomic E-state index is 0.296. The molecule has 2 heterocycles. The van der Waals surface area contributed by atoms with Gasteiger partial charge < -0.3 is 10.5 Å². The first-order valence-corrected chi connectivity index (χ1v) is 7.32. The number of amides is 1.